The molecule has 2 rings (SSSR count). The largest absolute Gasteiger partial charge is 0.387 e. The maximum Gasteiger partial charge on any atom is 0.224 e. The molecule has 1 saturated heterocycles. The molecule has 0 radical (unpaired) electrons. The molecule has 0 spiro atoms. The van der Waals surface area contributed by atoms with Gasteiger partial charge in [0.15, 0.2) is 0 Å². The van der Waals surface area contributed by atoms with E-state index in [0.717, 1.165) is 26.1 Å². The van der Waals surface area contributed by atoms with Gasteiger partial charge >= 0.3 is 0 Å². The Morgan fingerprint density at radius 1 is 1.41 bits per heavy atom. The van der Waals surface area contributed by atoms with Gasteiger partial charge in [-0.2, -0.15) is 0 Å². The topological polar surface area (TPSA) is 52.6 Å². The van der Waals surface area contributed by atoms with E-state index in [2.05, 4.69) is 24.1 Å². The molecule has 1 heterocycles. The van der Waals surface area contributed by atoms with Crippen molar-refractivity contribution in [2.75, 3.05) is 26.2 Å². The summed E-state index contributed by atoms with van der Waals surface area (Å²) >= 11 is 0. The van der Waals surface area contributed by atoms with Crippen LogP contribution in [0.3, 0.4) is 0 Å². The molecular formula is C17H25FN2O2. The first-order valence-electron chi connectivity index (χ1n) is 7.89. The van der Waals surface area contributed by atoms with Crippen molar-refractivity contribution in [3.8, 4) is 0 Å². The summed E-state index contributed by atoms with van der Waals surface area (Å²) in [6.07, 6.45) is 0.0586. The second-order valence-corrected chi connectivity index (χ2v) is 6.45. The standard InChI is InChI=1S/C17H25FN2O2/c1-12(2)10-20-8-7-14(11-20)17(22)19-9-16(21)13-3-5-15(18)6-4-13/h3-6,12,14,16,21H,7-11H2,1-2H3,(H,19,22). The summed E-state index contributed by atoms with van der Waals surface area (Å²) in [6.45, 7) is 7.26. The number of nitrogens with one attached hydrogen (secondary N) is 1. The number of aliphatic hydroxyl groups excluding tert-OH is 1. The molecule has 1 aromatic carbocycles. The average molecular weight is 308 g/mol. The van der Waals surface area contributed by atoms with Gasteiger partial charge in [0, 0.05) is 19.6 Å². The molecule has 1 aliphatic heterocycles. The predicted molar refractivity (Wildman–Crippen MR) is 83.8 cm³/mol. The third-order valence-electron chi connectivity index (χ3n) is 3.99. The van der Waals surface area contributed by atoms with Gasteiger partial charge in [-0.05, 0) is 36.6 Å². The Morgan fingerprint density at radius 2 is 2.09 bits per heavy atom. The summed E-state index contributed by atoms with van der Waals surface area (Å²) in [5.74, 6) is 0.255. The fourth-order valence-electron chi connectivity index (χ4n) is 2.87. The molecule has 1 aromatic rings. The number of hydrogen-bond acceptors (Lipinski definition) is 3. The molecule has 22 heavy (non-hydrogen) atoms. The summed E-state index contributed by atoms with van der Waals surface area (Å²) in [6, 6.07) is 5.68. The third kappa shape index (κ3) is 4.78. The number of halogens is 1. The normalized spacial score (nSPS) is 20.3. The number of nitrogens with zero attached hydrogens (tertiary/aromatic N) is 1. The Hall–Kier alpha value is -1.46. The van der Waals surface area contributed by atoms with Crippen molar-refractivity contribution in [1.82, 2.24) is 10.2 Å². The number of aliphatic hydroxyl groups is 1. The Kier molecular flexibility index (Phi) is 5.91. The molecule has 122 valence electrons. The molecule has 2 N–H and O–H groups in total. The molecule has 1 amide bonds. The molecule has 0 aliphatic carbocycles. The summed E-state index contributed by atoms with van der Waals surface area (Å²) in [4.78, 5) is 14.5. The van der Waals surface area contributed by atoms with Gasteiger partial charge in [-0.15, -0.1) is 0 Å². The highest BCUT2D eigenvalue weighted by molar-refractivity contribution is 5.79. The van der Waals surface area contributed by atoms with Crippen LogP contribution in [0.25, 0.3) is 0 Å². The number of carbonyl (C=O) groups is 1. The zero-order valence-corrected chi connectivity index (χ0v) is 13.3. The summed E-state index contributed by atoms with van der Waals surface area (Å²) in [5, 5.41) is 12.8. The van der Waals surface area contributed by atoms with Crippen molar-refractivity contribution < 1.29 is 14.3 Å². The van der Waals surface area contributed by atoms with Gasteiger partial charge in [0.05, 0.1) is 12.0 Å². The lowest BCUT2D eigenvalue weighted by Gasteiger charge is -2.18. The van der Waals surface area contributed by atoms with E-state index in [1.165, 1.54) is 24.3 Å². The fraction of sp³-hybridized carbons (Fsp3) is 0.588. The lowest BCUT2D eigenvalue weighted by atomic mass is 10.1. The van der Waals surface area contributed by atoms with Crippen LogP contribution >= 0.6 is 0 Å². The monoisotopic (exact) mass is 308 g/mol. The first-order chi connectivity index (χ1) is 10.5. The molecule has 4 nitrogen and oxygen atoms in total. The first kappa shape index (κ1) is 16.9. The van der Waals surface area contributed by atoms with Crippen molar-refractivity contribution in [2.45, 2.75) is 26.4 Å². The Balaban J connectivity index is 1.77. The average Bonchev–Trinajstić information content (AvgIpc) is 2.93. The quantitative estimate of drug-likeness (QED) is 0.844. The van der Waals surface area contributed by atoms with Crippen LogP contribution in [-0.2, 0) is 4.79 Å². The molecule has 2 unspecified atom stereocenters. The molecule has 0 saturated carbocycles. The van der Waals surface area contributed by atoms with Crippen LogP contribution in [0.15, 0.2) is 24.3 Å². The lowest BCUT2D eigenvalue weighted by molar-refractivity contribution is -0.125. The third-order valence-corrected chi connectivity index (χ3v) is 3.99. The predicted octanol–water partition coefficient (Wildman–Crippen LogP) is 1.95. The smallest absolute Gasteiger partial charge is 0.224 e. The molecule has 1 aliphatic rings. The zero-order valence-electron chi connectivity index (χ0n) is 13.3. The van der Waals surface area contributed by atoms with Gasteiger partial charge in [-0.3, -0.25) is 4.79 Å². The van der Waals surface area contributed by atoms with E-state index in [1.54, 1.807) is 0 Å². The van der Waals surface area contributed by atoms with E-state index in [4.69, 9.17) is 0 Å². The number of benzene rings is 1. The van der Waals surface area contributed by atoms with E-state index < -0.39 is 6.10 Å². The first-order valence-corrected chi connectivity index (χ1v) is 7.89. The molecule has 0 aromatic heterocycles. The zero-order chi connectivity index (χ0) is 16.1. The van der Waals surface area contributed by atoms with Crippen LogP contribution in [-0.4, -0.2) is 42.1 Å². The van der Waals surface area contributed by atoms with Crippen molar-refractivity contribution in [3.63, 3.8) is 0 Å². The molecular weight excluding hydrogens is 283 g/mol. The van der Waals surface area contributed by atoms with Crippen molar-refractivity contribution in [2.24, 2.45) is 11.8 Å². The minimum absolute atomic E-state index is 0.000771. The minimum atomic E-state index is -0.808. The van der Waals surface area contributed by atoms with E-state index >= 15 is 0 Å². The van der Waals surface area contributed by atoms with E-state index in [-0.39, 0.29) is 24.2 Å². The highest BCUT2D eigenvalue weighted by atomic mass is 19.1. The van der Waals surface area contributed by atoms with Gasteiger partial charge in [-0.1, -0.05) is 26.0 Å². The fourth-order valence-corrected chi connectivity index (χ4v) is 2.87. The van der Waals surface area contributed by atoms with Crippen LogP contribution in [0.5, 0.6) is 0 Å². The Morgan fingerprint density at radius 3 is 2.73 bits per heavy atom. The maximum atomic E-state index is 12.8. The number of amides is 1. The van der Waals surface area contributed by atoms with E-state index in [9.17, 15) is 14.3 Å². The van der Waals surface area contributed by atoms with Gasteiger partial charge in [-0.25, -0.2) is 4.39 Å². The summed E-state index contributed by atoms with van der Waals surface area (Å²) < 4.78 is 12.8. The molecule has 1 fully saturated rings. The summed E-state index contributed by atoms with van der Waals surface area (Å²) in [5.41, 5.74) is 0.606. The second-order valence-electron chi connectivity index (χ2n) is 6.45. The number of hydrogen-bond donors (Lipinski definition) is 2. The van der Waals surface area contributed by atoms with Gasteiger partial charge in [0.2, 0.25) is 5.91 Å². The number of carbonyl (C=O) groups excluding carboxylic acids is 1. The highest BCUT2D eigenvalue weighted by Crippen LogP contribution is 2.18. The van der Waals surface area contributed by atoms with Crippen LogP contribution in [0, 0.1) is 17.7 Å². The number of likely N-dealkylation sites (tertiary alicyclic amines) is 1. The van der Waals surface area contributed by atoms with Gasteiger partial charge in [0.1, 0.15) is 5.82 Å². The van der Waals surface area contributed by atoms with Crippen molar-refractivity contribution >= 4 is 5.91 Å². The highest BCUT2D eigenvalue weighted by Gasteiger charge is 2.28. The Labute approximate surface area is 131 Å². The minimum Gasteiger partial charge on any atom is -0.387 e. The van der Waals surface area contributed by atoms with Crippen molar-refractivity contribution in [3.05, 3.63) is 35.6 Å². The number of rotatable bonds is 6. The van der Waals surface area contributed by atoms with Crippen LogP contribution in [0.2, 0.25) is 0 Å². The SMILES string of the molecule is CC(C)CN1CCC(C(=O)NCC(O)c2ccc(F)cc2)C1. The summed E-state index contributed by atoms with van der Waals surface area (Å²) in [7, 11) is 0. The lowest BCUT2D eigenvalue weighted by Crippen LogP contribution is -2.35. The van der Waals surface area contributed by atoms with E-state index in [1.807, 2.05) is 0 Å². The van der Waals surface area contributed by atoms with E-state index in [0.29, 0.717) is 11.5 Å². The Bertz CT molecular complexity index is 490. The second kappa shape index (κ2) is 7.70. The van der Waals surface area contributed by atoms with Crippen LogP contribution in [0.1, 0.15) is 31.9 Å². The van der Waals surface area contributed by atoms with Crippen molar-refractivity contribution in [1.29, 1.82) is 0 Å². The molecule has 5 heteroatoms. The maximum absolute atomic E-state index is 12.8. The van der Waals surface area contributed by atoms with Crippen LogP contribution < -0.4 is 5.32 Å². The van der Waals surface area contributed by atoms with Gasteiger partial charge in [0.25, 0.3) is 0 Å². The van der Waals surface area contributed by atoms with Crippen LogP contribution in [0.4, 0.5) is 4.39 Å². The molecule has 2 atom stereocenters. The van der Waals surface area contributed by atoms with Gasteiger partial charge < -0.3 is 15.3 Å². The molecule has 0 bridgehead atoms.